The van der Waals surface area contributed by atoms with E-state index in [9.17, 15) is 9.18 Å². The summed E-state index contributed by atoms with van der Waals surface area (Å²) in [5, 5.41) is 6.94. The summed E-state index contributed by atoms with van der Waals surface area (Å²) in [6.07, 6.45) is 2.12. The van der Waals surface area contributed by atoms with Gasteiger partial charge in [-0.25, -0.2) is 9.18 Å². The quantitative estimate of drug-likeness (QED) is 0.700. The smallest absolute Gasteiger partial charge is 0.315 e. The van der Waals surface area contributed by atoms with Crippen LogP contribution in [-0.2, 0) is 13.6 Å². The first-order valence-corrected chi connectivity index (χ1v) is 8.92. The van der Waals surface area contributed by atoms with Crippen molar-refractivity contribution >= 4 is 16.9 Å². The van der Waals surface area contributed by atoms with Gasteiger partial charge < -0.3 is 20.1 Å². The molecule has 2 aromatic carbocycles. The van der Waals surface area contributed by atoms with E-state index in [-0.39, 0.29) is 17.9 Å². The van der Waals surface area contributed by atoms with Crippen LogP contribution in [0.1, 0.15) is 17.2 Å². The number of halogens is 1. The maximum absolute atomic E-state index is 12.9. The lowest BCUT2D eigenvalue weighted by atomic mass is 10.0. The molecule has 0 fully saturated rings. The van der Waals surface area contributed by atoms with Gasteiger partial charge in [0.2, 0.25) is 0 Å². The summed E-state index contributed by atoms with van der Waals surface area (Å²) in [5.41, 5.74) is 3.20. The average Bonchev–Trinajstić information content (AvgIpc) is 2.98. The number of urea groups is 1. The van der Waals surface area contributed by atoms with Crippen molar-refractivity contribution < 1.29 is 9.18 Å². The molecule has 5 nitrogen and oxygen atoms in total. The number of likely N-dealkylation sites (N-methyl/N-ethyl adjacent to an activating group) is 1. The molecule has 0 radical (unpaired) electrons. The van der Waals surface area contributed by atoms with Crippen LogP contribution in [-0.4, -0.2) is 36.1 Å². The average molecular weight is 368 g/mol. The van der Waals surface area contributed by atoms with Gasteiger partial charge in [-0.1, -0.05) is 30.3 Å². The van der Waals surface area contributed by atoms with Gasteiger partial charge in [0.1, 0.15) is 5.82 Å². The van der Waals surface area contributed by atoms with Crippen LogP contribution < -0.4 is 10.6 Å². The minimum atomic E-state index is -0.285. The molecule has 6 heteroatoms. The number of nitrogens with zero attached hydrogens (tertiary/aromatic N) is 2. The van der Waals surface area contributed by atoms with Gasteiger partial charge in [0, 0.05) is 37.2 Å². The second kappa shape index (κ2) is 8.22. The largest absolute Gasteiger partial charge is 0.350 e. The Morgan fingerprint density at radius 2 is 1.81 bits per heavy atom. The topological polar surface area (TPSA) is 49.3 Å². The molecular formula is C21H25FN4O. The van der Waals surface area contributed by atoms with Crippen LogP contribution in [0, 0.1) is 5.82 Å². The molecule has 0 aliphatic heterocycles. The normalized spacial score (nSPS) is 12.3. The van der Waals surface area contributed by atoms with Gasteiger partial charge in [-0.2, -0.15) is 0 Å². The Kier molecular flexibility index (Phi) is 5.76. The first-order chi connectivity index (χ1) is 13.0. The zero-order valence-electron chi connectivity index (χ0n) is 15.9. The van der Waals surface area contributed by atoms with Gasteiger partial charge in [0.15, 0.2) is 0 Å². The minimum absolute atomic E-state index is 0.0488. The standard InChI is InChI=1S/C21H25FN4O/c1-25(2)20(18-14-26(3)19-7-5-4-6-17(18)19)13-24-21(27)23-12-15-8-10-16(22)11-9-15/h4-11,14,20H,12-13H2,1-3H3,(H2,23,24,27). The Morgan fingerprint density at radius 1 is 1.11 bits per heavy atom. The molecule has 0 saturated carbocycles. The van der Waals surface area contributed by atoms with Crippen molar-refractivity contribution in [3.05, 3.63) is 71.7 Å². The van der Waals surface area contributed by atoms with Crippen LogP contribution in [0.3, 0.4) is 0 Å². The van der Waals surface area contributed by atoms with Gasteiger partial charge in [0.05, 0.1) is 6.04 Å². The second-order valence-electron chi connectivity index (χ2n) is 6.88. The molecule has 1 unspecified atom stereocenters. The maximum atomic E-state index is 12.9. The predicted molar refractivity (Wildman–Crippen MR) is 106 cm³/mol. The zero-order chi connectivity index (χ0) is 19.4. The molecule has 3 aromatic rings. The van der Waals surface area contributed by atoms with Crippen molar-refractivity contribution in [3.63, 3.8) is 0 Å². The molecule has 0 aliphatic rings. The van der Waals surface area contributed by atoms with Gasteiger partial charge in [-0.15, -0.1) is 0 Å². The fourth-order valence-corrected chi connectivity index (χ4v) is 3.25. The third-order valence-corrected chi connectivity index (χ3v) is 4.73. The van der Waals surface area contributed by atoms with Crippen LogP contribution in [0.4, 0.5) is 9.18 Å². The molecule has 1 heterocycles. The summed E-state index contributed by atoms with van der Waals surface area (Å²) in [5.74, 6) is -0.285. The third kappa shape index (κ3) is 4.46. The molecule has 142 valence electrons. The number of hydrogen-bond acceptors (Lipinski definition) is 2. The number of fused-ring (bicyclic) bond motifs is 1. The van der Waals surface area contributed by atoms with Crippen LogP contribution in [0.2, 0.25) is 0 Å². The summed E-state index contributed by atoms with van der Waals surface area (Å²) < 4.78 is 15.0. The Hall–Kier alpha value is -2.86. The number of carbonyl (C=O) groups is 1. The van der Waals surface area contributed by atoms with Crippen LogP contribution >= 0.6 is 0 Å². The van der Waals surface area contributed by atoms with E-state index in [1.165, 1.54) is 28.6 Å². The third-order valence-electron chi connectivity index (χ3n) is 4.73. The van der Waals surface area contributed by atoms with Gasteiger partial charge >= 0.3 is 6.03 Å². The molecule has 2 N–H and O–H groups in total. The number of rotatable bonds is 6. The van der Waals surface area contributed by atoms with E-state index in [0.717, 1.165) is 5.56 Å². The lowest BCUT2D eigenvalue weighted by Crippen LogP contribution is -2.40. The Bertz CT molecular complexity index is 918. The SMILES string of the molecule is CN(C)C(CNC(=O)NCc1ccc(F)cc1)c1cn(C)c2ccccc12. The van der Waals surface area contributed by atoms with Crippen molar-refractivity contribution in [1.82, 2.24) is 20.1 Å². The van der Waals surface area contributed by atoms with E-state index < -0.39 is 0 Å². The number of benzene rings is 2. The number of aromatic nitrogens is 1. The Labute approximate surface area is 158 Å². The lowest BCUT2D eigenvalue weighted by molar-refractivity contribution is 0.232. The fraction of sp³-hybridized carbons (Fsp3) is 0.286. The van der Waals surface area contributed by atoms with E-state index in [1.54, 1.807) is 12.1 Å². The van der Waals surface area contributed by atoms with E-state index in [1.807, 2.05) is 33.3 Å². The summed E-state index contributed by atoms with van der Waals surface area (Å²) >= 11 is 0. The molecule has 0 spiro atoms. The van der Waals surface area contributed by atoms with Crippen molar-refractivity contribution in [3.8, 4) is 0 Å². The summed E-state index contributed by atoms with van der Waals surface area (Å²) in [4.78, 5) is 14.3. The predicted octanol–water partition coefficient (Wildman–Crippen LogP) is 3.42. The van der Waals surface area contributed by atoms with Crippen molar-refractivity contribution in [2.45, 2.75) is 12.6 Å². The van der Waals surface area contributed by atoms with Gasteiger partial charge in [-0.3, -0.25) is 0 Å². The Balaban J connectivity index is 1.64. The summed E-state index contributed by atoms with van der Waals surface area (Å²) in [7, 11) is 6.04. The molecule has 27 heavy (non-hydrogen) atoms. The molecule has 0 aliphatic carbocycles. The fourth-order valence-electron chi connectivity index (χ4n) is 3.25. The second-order valence-corrected chi connectivity index (χ2v) is 6.88. The highest BCUT2D eigenvalue weighted by Crippen LogP contribution is 2.28. The summed E-state index contributed by atoms with van der Waals surface area (Å²) in [6, 6.07) is 14.2. The number of amides is 2. The number of nitrogens with one attached hydrogen (secondary N) is 2. The molecular weight excluding hydrogens is 343 g/mol. The highest BCUT2D eigenvalue weighted by atomic mass is 19.1. The highest BCUT2D eigenvalue weighted by Gasteiger charge is 2.19. The first kappa shape index (κ1) is 18.9. The maximum Gasteiger partial charge on any atom is 0.315 e. The Morgan fingerprint density at radius 3 is 2.52 bits per heavy atom. The number of aryl methyl sites for hydroxylation is 1. The molecule has 2 amide bonds. The van der Waals surface area contributed by atoms with Crippen LogP contribution in [0.25, 0.3) is 10.9 Å². The molecule has 0 bridgehead atoms. The summed E-state index contributed by atoms with van der Waals surface area (Å²) in [6.45, 7) is 0.837. The van der Waals surface area contributed by atoms with E-state index >= 15 is 0 Å². The number of hydrogen-bond donors (Lipinski definition) is 2. The van der Waals surface area contributed by atoms with Gasteiger partial charge in [0.25, 0.3) is 0 Å². The number of para-hydroxylation sites is 1. The molecule has 1 aromatic heterocycles. The monoisotopic (exact) mass is 368 g/mol. The lowest BCUT2D eigenvalue weighted by Gasteiger charge is -2.24. The molecule has 3 rings (SSSR count). The van der Waals surface area contributed by atoms with Crippen molar-refractivity contribution in [1.29, 1.82) is 0 Å². The van der Waals surface area contributed by atoms with E-state index in [0.29, 0.717) is 13.1 Å². The molecule has 1 atom stereocenters. The zero-order valence-corrected chi connectivity index (χ0v) is 15.9. The van der Waals surface area contributed by atoms with Crippen LogP contribution in [0.5, 0.6) is 0 Å². The highest BCUT2D eigenvalue weighted by molar-refractivity contribution is 5.84. The van der Waals surface area contributed by atoms with E-state index in [2.05, 4.69) is 38.4 Å². The van der Waals surface area contributed by atoms with Crippen molar-refractivity contribution in [2.24, 2.45) is 7.05 Å². The molecule has 0 saturated heterocycles. The van der Waals surface area contributed by atoms with Gasteiger partial charge in [-0.05, 0) is 43.4 Å². The van der Waals surface area contributed by atoms with E-state index in [4.69, 9.17) is 0 Å². The number of carbonyl (C=O) groups excluding carboxylic acids is 1. The minimum Gasteiger partial charge on any atom is -0.350 e. The van der Waals surface area contributed by atoms with Crippen molar-refractivity contribution in [2.75, 3.05) is 20.6 Å². The van der Waals surface area contributed by atoms with Crippen LogP contribution in [0.15, 0.2) is 54.7 Å². The first-order valence-electron chi connectivity index (χ1n) is 8.92.